The van der Waals surface area contributed by atoms with E-state index in [1.165, 1.54) is 5.69 Å². The number of nitrogens with one attached hydrogen (secondary N) is 5. The Morgan fingerprint density at radius 2 is 1.79 bits per heavy atom. The number of amides is 1. The molecule has 4 atom stereocenters. The third kappa shape index (κ3) is 5.91. The lowest BCUT2D eigenvalue weighted by Crippen LogP contribution is -2.77. The first-order chi connectivity index (χ1) is 18.4. The number of benzene rings is 1. The molecule has 0 saturated carbocycles. The van der Waals surface area contributed by atoms with Crippen molar-refractivity contribution in [2.75, 3.05) is 62.6 Å². The minimum atomic E-state index is -0.258. The molecule has 0 spiro atoms. The minimum Gasteiger partial charge on any atom is -0.394 e. The Morgan fingerprint density at radius 3 is 2.45 bits per heavy atom. The Morgan fingerprint density at radius 1 is 1.08 bits per heavy atom. The van der Waals surface area contributed by atoms with Gasteiger partial charge >= 0.3 is 0 Å². The zero-order chi connectivity index (χ0) is 26.7. The number of piperazine rings is 1. The number of hydrazine groups is 1. The second-order valence-corrected chi connectivity index (χ2v) is 11.7. The van der Waals surface area contributed by atoms with Gasteiger partial charge in [0.1, 0.15) is 6.29 Å². The van der Waals surface area contributed by atoms with E-state index >= 15 is 0 Å². The van der Waals surface area contributed by atoms with Crippen molar-refractivity contribution in [3.05, 3.63) is 24.3 Å². The van der Waals surface area contributed by atoms with Gasteiger partial charge in [-0.3, -0.25) is 30.7 Å². The molecule has 4 aliphatic rings. The third-order valence-corrected chi connectivity index (χ3v) is 8.81. The van der Waals surface area contributed by atoms with Crippen molar-refractivity contribution in [3.63, 3.8) is 0 Å². The zero-order valence-corrected chi connectivity index (χ0v) is 22.6. The maximum Gasteiger partial charge on any atom is 0.242 e. The number of carbonyl (C=O) groups excluding carboxylic acids is 1. The predicted molar refractivity (Wildman–Crippen MR) is 147 cm³/mol. The molecule has 4 aliphatic heterocycles. The highest BCUT2D eigenvalue weighted by molar-refractivity contribution is 5.81. The average Bonchev–Trinajstić information content (AvgIpc) is 2.94. The normalized spacial score (nSPS) is 29.8. The van der Waals surface area contributed by atoms with Crippen molar-refractivity contribution < 1.29 is 9.90 Å². The second kappa shape index (κ2) is 11.7. The molecule has 4 heterocycles. The molecule has 11 nitrogen and oxygen atoms in total. The van der Waals surface area contributed by atoms with Crippen LogP contribution in [0.2, 0.25) is 0 Å². The number of hydrogen-bond acceptors (Lipinski definition) is 10. The van der Waals surface area contributed by atoms with Gasteiger partial charge in [0.25, 0.3) is 0 Å². The summed E-state index contributed by atoms with van der Waals surface area (Å²) in [6.45, 7) is 10.6. The monoisotopic (exact) mass is 525 g/mol. The van der Waals surface area contributed by atoms with E-state index in [2.05, 4.69) is 85.7 Å². The summed E-state index contributed by atoms with van der Waals surface area (Å²) in [4.78, 5) is 20.0. The first-order valence-corrected chi connectivity index (χ1v) is 14.0. The van der Waals surface area contributed by atoms with Gasteiger partial charge in [-0.1, -0.05) is 0 Å². The average molecular weight is 526 g/mol. The molecule has 0 bridgehead atoms. The van der Waals surface area contributed by atoms with Crippen LogP contribution in [0.15, 0.2) is 24.3 Å². The van der Waals surface area contributed by atoms with Crippen LogP contribution in [0.4, 0.5) is 11.4 Å². The quantitative estimate of drug-likeness (QED) is 0.290. The number of piperidine rings is 1. The number of nitrogens with zero attached hydrogens (tertiary/aromatic N) is 4. The van der Waals surface area contributed by atoms with E-state index in [0.29, 0.717) is 18.9 Å². The van der Waals surface area contributed by atoms with E-state index in [1.54, 1.807) is 0 Å². The molecule has 11 heteroatoms. The fourth-order valence-corrected chi connectivity index (χ4v) is 6.22. The summed E-state index contributed by atoms with van der Waals surface area (Å²) in [7, 11) is 0. The molecule has 0 aliphatic carbocycles. The van der Waals surface area contributed by atoms with Crippen LogP contribution in [0.5, 0.6) is 0 Å². The Hall–Kier alpha value is -2.46. The molecule has 5 rings (SSSR count). The molecule has 38 heavy (non-hydrogen) atoms. The van der Waals surface area contributed by atoms with E-state index in [1.807, 2.05) is 0 Å². The Bertz CT molecular complexity index is 981. The Balaban J connectivity index is 1.22. The van der Waals surface area contributed by atoms with Crippen LogP contribution in [0.3, 0.4) is 0 Å². The highest BCUT2D eigenvalue weighted by atomic mass is 16.3. The summed E-state index contributed by atoms with van der Waals surface area (Å²) in [6, 6.07) is 10.8. The smallest absolute Gasteiger partial charge is 0.242 e. The van der Waals surface area contributed by atoms with Crippen molar-refractivity contribution in [3.8, 4) is 6.07 Å². The van der Waals surface area contributed by atoms with Crippen LogP contribution in [0, 0.1) is 23.2 Å². The van der Waals surface area contributed by atoms with E-state index < -0.39 is 0 Å². The van der Waals surface area contributed by atoms with Crippen LogP contribution in [-0.2, 0) is 4.79 Å². The first kappa shape index (κ1) is 27.1. The minimum absolute atomic E-state index is 0.00284. The summed E-state index contributed by atoms with van der Waals surface area (Å²) in [6.07, 6.45) is 2.41. The highest BCUT2D eigenvalue weighted by Gasteiger charge is 2.45. The fourth-order valence-electron chi connectivity index (χ4n) is 6.22. The van der Waals surface area contributed by atoms with Crippen LogP contribution in [0.1, 0.15) is 33.1 Å². The highest BCUT2D eigenvalue weighted by Crippen LogP contribution is 2.27. The van der Waals surface area contributed by atoms with Crippen molar-refractivity contribution in [1.29, 1.82) is 5.26 Å². The number of fused-ring (bicyclic) bond motifs is 1. The number of likely N-dealkylation sites (tertiary alicyclic amines) is 1. The van der Waals surface area contributed by atoms with Gasteiger partial charge in [-0.25, -0.2) is 5.43 Å². The molecular formula is C27H43N9O2. The van der Waals surface area contributed by atoms with Gasteiger partial charge in [0.05, 0.1) is 24.8 Å². The molecule has 4 saturated heterocycles. The van der Waals surface area contributed by atoms with Gasteiger partial charge in [0.2, 0.25) is 5.91 Å². The van der Waals surface area contributed by atoms with E-state index in [-0.39, 0.29) is 42.5 Å². The molecule has 1 aromatic rings. The van der Waals surface area contributed by atoms with Crippen LogP contribution < -0.4 is 31.7 Å². The van der Waals surface area contributed by atoms with Crippen LogP contribution in [-0.4, -0.2) is 97.3 Å². The maximum atomic E-state index is 12.8. The van der Waals surface area contributed by atoms with Gasteiger partial charge in [-0.05, 0) is 56.9 Å². The van der Waals surface area contributed by atoms with E-state index in [9.17, 15) is 9.90 Å². The van der Waals surface area contributed by atoms with Gasteiger partial charge < -0.3 is 15.3 Å². The topological polar surface area (TPSA) is 131 Å². The lowest BCUT2D eigenvalue weighted by Gasteiger charge is -2.49. The van der Waals surface area contributed by atoms with Crippen molar-refractivity contribution in [2.24, 2.45) is 11.8 Å². The molecule has 4 unspecified atom stereocenters. The number of nitriles is 1. The lowest BCUT2D eigenvalue weighted by atomic mass is 9.90. The SMILES string of the molecule is CC(C)(CO)N1CCN(c2ccc(NC3NC(N4CCC(CC#N)CC4)NC4CNNC(=O)C43)cc2)CC1. The molecular weight excluding hydrogens is 482 g/mol. The van der Waals surface area contributed by atoms with Gasteiger partial charge in [-0.2, -0.15) is 5.26 Å². The van der Waals surface area contributed by atoms with Gasteiger partial charge in [0, 0.05) is 75.2 Å². The zero-order valence-electron chi connectivity index (χ0n) is 22.6. The number of rotatable bonds is 7. The fraction of sp³-hybridized carbons (Fsp3) is 0.704. The summed E-state index contributed by atoms with van der Waals surface area (Å²) < 4.78 is 0. The Kier molecular flexibility index (Phi) is 8.38. The van der Waals surface area contributed by atoms with Gasteiger partial charge in [-0.15, -0.1) is 0 Å². The second-order valence-electron chi connectivity index (χ2n) is 11.7. The maximum absolute atomic E-state index is 12.8. The summed E-state index contributed by atoms with van der Waals surface area (Å²) in [5.74, 6) is 0.197. The predicted octanol–water partition coefficient (Wildman–Crippen LogP) is 0.0388. The molecule has 208 valence electrons. The number of aliphatic hydroxyl groups excluding tert-OH is 1. The van der Waals surface area contributed by atoms with Gasteiger partial charge in [0.15, 0.2) is 0 Å². The lowest BCUT2D eigenvalue weighted by molar-refractivity contribution is -0.132. The largest absolute Gasteiger partial charge is 0.394 e. The van der Waals surface area contributed by atoms with Crippen LogP contribution >= 0.6 is 0 Å². The number of carbonyl (C=O) groups is 1. The standard InChI is InChI=1S/C27H43N9O2/c1-27(2,18-37)36-15-13-34(14-16-36)21-5-3-20(4-6-21)30-24-23-22(17-29-33-25(23)38)31-26(32-24)35-11-8-19(7-10-28)9-12-35/h3-6,19,22-24,26,29-32,37H,7-9,11-18H2,1-2H3,(H,33,38). The summed E-state index contributed by atoms with van der Waals surface area (Å²) in [5, 5.41) is 29.7. The van der Waals surface area contributed by atoms with E-state index in [0.717, 1.165) is 57.8 Å². The molecule has 1 aromatic carbocycles. The number of hydrogen-bond donors (Lipinski definition) is 6. The summed E-state index contributed by atoms with van der Waals surface area (Å²) in [5.41, 5.74) is 7.81. The Labute approximate surface area is 225 Å². The number of anilines is 2. The summed E-state index contributed by atoms with van der Waals surface area (Å²) >= 11 is 0. The van der Waals surface area contributed by atoms with Crippen molar-refractivity contribution in [1.82, 2.24) is 31.3 Å². The molecule has 6 N–H and O–H groups in total. The molecule has 1 amide bonds. The first-order valence-electron chi connectivity index (χ1n) is 14.0. The third-order valence-electron chi connectivity index (χ3n) is 8.81. The molecule has 0 radical (unpaired) electrons. The molecule has 0 aromatic heterocycles. The van der Waals surface area contributed by atoms with Crippen molar-refractivity contribution in [2.45, 2.75) is 57.1 Å². The molecule has 4 fully saturated rings. The van der Waals surface area contributed by atoms with Crippen LogP contribution in [0.25, 0.3) is 0 Å². The van der Waals surface area contributed by atoms with E-state index in [4.69, 9.17) is 5.26 Å². The number of aliphatic hydroxyl groups is 1. The van der Waals surface area contributed by atoms with Crippen molar-refractivity contribution >= 4 is 17.3 Å².